The van der Waals surface area contributed by atoms with Crippen molar-refractivity contribution in [1.29, 1.82) is 0 Å². The number of halogens is 1. The average molecular weight is 380 g/mol. The molecule has 6 heteroatoms. The number of anilines is 1. The number of hydrogen-bond acceptors (Lipinski definition) is 3. The van der Waals surface area contributed by atoms with Gasteiger partial charge in [0.15, 0.2) is 0 Å². The molecule has 2 amide bonds. The molecule has 3 aromatic rings. The maximum absolute atomic E-state index is 12.7. The van der Waals surface area contributed by atoms with E-state index in [2.05, 4.69) is 10.3 Å². The van der Waals surface area contributed by atoms with Crippen LogP contribution >= 0.6 is 11.6 Å². The summed E-state index contributed by atoms with van der Waals surface area (Å²) in [6, 6.07) is 17.6. The molecular formula is C21H18ClN3O2. The Hall–Kier alpha value is -3.18. The topological polar surface area (TPSA) is 62.3 Å². The van der Waals surface area contributed by atoms with Gasteiger partial charge in [-0.3, -0.25) is 14.6 Å². The van der Waals surface area contributed by atoms with E-state index in [1.54, 1.807) is 60.6 Å². The van der Waals surface area contributed by atoms with Crippen molar-refractivity contribution in [3.8, 4) is 0 Å². The fourth-order valence-electron chi connectivity index (χ4n) is 2.63. The lowest BCUT2D eigenvalue weighted by Crippen LogP contribution is -2.26. The summed E-state index contributed by atoms with van der Waals surface area (Å²) < 4.78 is 0. The minimum atomic E-state index is -0.278. The highest BCUT2D eigenvalue weighted by atomic mass is 35.5. The van der Waals surface area contributed by atoms with Crippen LogP contribution < -0.4 is 5.32 Å². The van der Waals surface area contributed by atoms with Gasteiger partial charge < -0.3 is 10.2 Å². The van der Waals surface area contributed by atoms with E-state index in [1.165, 1.54) is 6.20 Å². The van der Waals surface area contributed by atoms with Crippen molar-refractivity contribution in [2.75, 3.05) is 12.4 Å². The Morgan fingerprint density at radius 1 is 1.04 bits per heavy atom. The number of nitrogens with one attached hydrogen (secondary N) is 1. The molecule has 0 aliphatic carbocycles. The monoisotopic (exact) mass is 379 g/mol. The second-order valence-electron chi connectivity index (χ2n) is 6.07. The lowest BCUT2D eigenvalue weighted by molar-refractivity contribution is 0.0784. The molecule has 27 heavy (non-hydrogen) atoms. The Morgan fingerprint density at radius 2 is 1.81 bits per heavy atom. The molecule has 1 aromatic heterocycles. The molecule has 3 rings (SSSR count). The number of amides is 2. The Bertz CT molecular complexity index is 960. The fourth-order valence-corrected chi connectivity index (χ4v) is 2.84. The predicted octanol–water partition coefficient (Wildman–Crippen LogP) is 4.26. The normalized spacial score (nSPS) is 10.3. The summed E-state index contributed by atoms with van der Waals surface area (Å²) >= 11 is 6.00. The van der Waals surface area contributed by atoms with Gasteiger partial charge in [0.1, 0.15) is 0 Å². The van der Waals surface area contributed by atoms with Crippen LogP contribution in [0.3, 0.4) is 0 Å². The van der Waals surface area contributed by atoms with Crippen molar-refractivity contribution >= 4 is 29.1 Å². The van der Waals surface area contributed by atoms with Crippen LogP contribution in [0.5, 0.6) is 0 Å². The number of hydrogen-bond donors (Lipinski definition) is 1. The molecule has 0 bridgehead atoms. The molecule has 2 aromatic carbocycles. The first-order chi connectivity index (χ1) is 13.0. The lowest BCUT2D eigenvalue weighted by Gasteiger charge is -2.18. The summed E-state index contributed by atoms with van der Waals surface area (Å²) in [7, 11) is 1.73. The van der Waals surface area contributed by atoms with Crippen LogP contribution in [0.15, 0.2) is 73.1 Å². The maximum atomic E-state index is 12.7. The van der Waals surface area contributed by atoms with Crippen molar-refractivity contribution in [3.63, 3.8) is 0 Å². The van der Waals surface area contributed by atoms with Gasteiger partial charge >= 0.3 is 0 Å². The van der Waals surface area contributed by atoms with Gasteiger partial charge in [-0.05, 0) is 48.0 Å². The van der Waals surface area contributed by atoms with Crippen molar-refractivity contribution in [2.24, 2.45) is 0 Å². The van der Waals surface area contributed by atoms with Crippen molar-refractivity contribution in [3.05, 3.63) is 94.8 Å². The molecule has 1 N–H and O–H groups in total. The number of rotatable bonds is 5. The molecule has 136 valence electrons. The highest BCUT2D eigenvalue weighted by Gasteiger charge is 2.14. The third kappa shape index (κ3) is 4.92. The van der Waals surface area contributed by atoms with E-state index < -0.39 is 0 Å². The largest absolute Gasteiger partial charge is 0.337 e. The van der Waals surface area contributed by atoms with Crippen LogP contribution in [-0.2, 0) is 6.54 Å². The summed E-state index contributed by atoms with van der Waals surface area (Å²) in [5.74, 6) is -0.424. The summed E-state index contributed by atoms with van der Waals surface area (Å²) in [5, 5.41) is 3.42. The summed E-state index contributed by atoms with van der Waals surface area (Å²) in [6.45, 7) is 0.436. The number of benzene rings is 2. The van der Waals surface area contributed by atoms with E-state index in [1.807, 2.05) is 18.2 Å². The van der Waals surface area contributed by atoms with Gasteiger partial charge in [-0.25, -0.2) is 0 Å². The second-order valence-corrected chi connectivity index (χ2v) is 6.50. The molecule has 0 unspecified atom stereocenters. The average Bonchev–Trinajstić information content (AvgIpc) is 2.68. The molecule has 0 atom stereocenters. The molecule has 0 fully saturated rings. The van der Waals surface area contributed by atoms with Crippen LogP contribution in [0.2, 0.25) is 5.02 Å². The van der Waals surface area contributed by atoms with Crippen LogP contribution in [0.25, 0.3) is 0 Å². The zero-order valence-corrected chi connectivity index (χ0v) is 15.5. The number of aromatic nitrogens is 1. The van der Waals surface area contributed by atoms with Gasteiger partial charge in [0.25, 0.3) is 11.8 Å². The number of pyridine rings is 1. The first-order valence-corrected chi connectivity index (χ1v) is 8.72. The summed E-state index contributed by atoms with van der Waals surface area (Å²) in [4.78, 5) is 30.5. The van der Waals surface area contributed by atoms with E-state index in [9.17, 15) is 9.59 Å². The van der Waals surface area contributed by atoms with E-state index >= 15 is 0 Å². The highest BCUT2D eigenvalue weighted by Crippen LogP contribution is 2.16. The Balaban J connectivity index is 1.70. The minimum Gasteiger partial charge on any atom is -0.337 e. The smallest absolute Gasteiger partial charge is 0.257 e. The van der Waals surface area contributed by atoms with E-state index in [-0.39, 0.29) is 11.8 Å². The molecule has 0 radical (unpaired) electrons. The number of carbonyl (C=O) groups is 2. The third-order valence-electron chi connectivity index (χ3n) is 3.95. The van der Waals surface area contributed by atoms with Crippen LogP contribution in [-0.4, -0.2) is 28.7 Å². The van der Waals surface area contributed by atoms with Gasteiger partial charge in [-0.1, -0.05) is 29.8 Å². The van der Waals surface area contributed by atoms with Crippen LogP contribution in [0, 0.1) is 0 Å². The molecule has 0 aliphatic rings. The Labute approximate surface area is 162 Å². The van der Waals surface area contributed by atoms with Crippen LogP contribution in [0.4, 0.5) is 5.69 Å². The highest BCUT2D eigenvalue weighted by molar-refractivity contribution is 6.30. The first kappa shape index (κ1) is 18.6. The molecule has 0 spiro atoms. The van der Waals surface area contributed by atoms with E-state index in [0.29, 0.717) is 28.4 Å². The molecule has 5 nitrogen and oxygen atoms in total. The maximum Gasteiger partial charge on any atom is 0.257 e. The minimum absolute atomic E-state index is 0.146. The SMILES string of the molecule is CN(Cc1cccc(Cl)c1)C(=O)c1cccc(NC(=O)c2cccnc2)c1. The third-order valence-corrected chi connectivity index (χ3v) is 4.18. The Kier molecular flexibility index (Phi) is 5.84. The Morgan fingerprint density at radius 3 is 2.56 bits per heavy atom. The van der Waals surface area contributed by atoms with Crippen molar-refractivity contribution in [2.45, 2.75) is 6.54 Å². The van der Waals surface area contributed by atoms with Crippen molar-refractivity contribution < 1.29 is 9.59 Å². The first-order valence-electron chi connectivity index (χ1n) is 8.34. The van der Waals surface area contributed by atoms with Crippen molar-refractivity contribution in [1.82, 2.24) is 9.88 Å². The van der Waals surface area contributed by atoms with Gasteiger partial charge in [0, 0.05) is 42.3 Å². The molecule has 1 heterocycles. The second kappa shape index (κ2) is 8.47. The fraction of sp³-hybridized carbons (Fsp3) is 0.0952. The molecule has 0 saturated heterocycles. The molecular weight excluding hydrogens is 362 g/mol. The quantitative estimate of drug-likeness (QED) is 0.720. The van der Waals surface area contributed by atoms with Gasteiger partial charge in [0.05, 0.1) is 5.56 Å². The van der Waals surface area contributed by atoms with Gasteiger partial charge in [-0.15, -0.1) is 0 Å². The summed E-state index contributed by atoms with van der Waals surface area (Å²) in [6.07, 6.45) is 3.09. The molecule has 0 aliphatic heterocycles. The van der Waals surface area contributed by atoms with E-state index in [0.717, 1.165) is 5.56 Å². The summed E-state index contributed by atoms with van der Waals surface area (Å²) in [5.41, 5.74) is 2.43. The zero-order chi connectivity index (χ0) is 19.2. The zero-order valence-electron chi connectivity index (χ0n) is 14.7. The molecule has 0 saturated carbocycles. The lowest BCUT2D eigenvalue weighted by atomic mass is 10.1. The predicted molar refractivity (Wildman–Crippen MR) is 106 cm³/mol. The van der Waals surface area contributed by atoms with Crippen LogP contribution in [0.1, 0.15) is 26.3 Å². The number of nitrogens with zero attached hydrogens (tertiary/aromatic N) is 2. The standard InChI is InChI=1S/C21H18ClN3O2/c1-25(14-15-5-2-8-18(22)11-15)21(27)16-6-3-9-19(12-16)24-20(26)17-7-4-10-23-13-17/h2-13H,14H2,1H3,(H,24,26). The van der Waals surface area contributed by atoms with Gasteiger partial charge in [0.2, 0.25) is 0 Å². The van der Waals surface area contributed by atoms with E-state index in [4.69, 9.17) is 11.6 Å². The van der Waals surface area contributed by atoms with Gasteiger partial charge in [-0.2, -0.15) is 0 Å². The number of carbonyl (C=O) groups excluding carboxylic acids is 2.